The number of likely N-dealkylation sites (tertiary alicyclic amines) is 1. The summed E-state index contributed by atoms with van der Waals surface area (Å²) in [6, 6.07) is 6.63. The van der Waals surface area contributed by atoms with Gasteiger partial charge in [0.05, 0.1) is 12.5 Å². The summed E-state index contributed by atoms with van der Waals surface area (Å²) in [5.74, 6) is -0.190. The topological polar surface area (TPSA) is 118 Å². The molecule has 2 aliphatic heterocycles. The number of H-pyrrole nitrogens is 1. The maximum atomic E-state index is 12.3. The highest BCUT2D eigenvalue weighted by atomic mass is 16.5. The van der Waals surface area contributed by atoms with Crippen LogP contribution in [0.3, 0.4) is 0 Å². The molecule has 9 heteroatoms. The van der Waals surface area contributed by atoms with Gasteiger partial charge in [0.25, 0.3) is 5.91 Å². The zero-order valence-electron chi connectivity index (χ0n) is 14.6. The van der Waals surface area contributed by atoms with Crippen molar-refractivity contribution in [2.45, 2.75) is 6.42 Å². The molecule has 3 heterocycles. The molecule has 0 saturated carbocycles. The third-order valence-corrected chi connectivity index (χ3v) is 4.93. The van der Waals surface area contributed by atoms with Crippen LogP contribution in [-0.4, -0.2) is 59.8 Å². The number of benzene rings is 1. The van der Waals surface area contributed by atoms with Crippen LogP contribution < -0.4 is 11.1 Å². The number of nitrogens with zero attached hydrogens (tertiary/aromatic N) is 2. The number of hydrogen-bond acceptors (Lipinski definition) is 6. The number of nitrogens with one attached hydrogen (secondary N) is 2. The molecular formula is C18H20N4O5. The summed E-state index contributed by atoms with van der Waals surface area (Å²) < 4.78 is 10.1. The van der Waals surface area contributed by atoms with Gasteiger partial charge in [0.1, 0.15) is 0 Å². The van der Waals surface area contributed by atoms with Crippen LogP contribution in [0, 0.1) is 11.8 Å². The van der Waals surface area contributed by atoms with E-state index in [1.54, 1.807) is 24.3 Å². The summed E-state index contributed by atoms with van der Waals surface area (Å²) in [6.45, 7) is 3.06. The van der Waals surface area contributed by atoms with Crippen LogP contribution in [-0.2, 0) is 9.53 Å². The highest BCUT2D eigenvalue weighted by Gasteiger charge is 2.35. The molecule has 0 radical (unpaired) electrons. The van der Waals surface area contributed by atoms with Crippen molar-refractivity contribution in [3.05, 3.63) is 40.4 Å². The molecule has 4 rings (SSSR count). The molecule has 1 aromatic carbocycles. The zero-order chi connectivity index (χ0) is 18.8. The van der Waals surface area contributed by atoms with Gasteiger partial charge < -0.3 is 19.4 Å². The molecule has 2 N–H and O–H groups in total. The normalized spacial score (nSPS) is 19.7. The van der Waals surface area contributed by atoms with Crippen molar-refractivity contribution < 1.29 is 18.7 Å². The van der Waals surface area contributed by atoms with Crippen LogP contribution in [0.15, 0.2) is 33.5 Å². The van der Waals surface area contributed by atoms with Gasteiger partial charge in [-0.25, -0.2) is 9.89 Å². The Kier molecular flexibility index (Phi) is 4.76. The van der Waals surface area contributed by atoms with E-state index in [9.17, 15) is 14.4 Å². The van der Waals surface area contributed by atoms with Gasteiger partial charge in [-0.3, -0.25) is 9.59 Å². The average molecular weight is 372 g/mol. The molecule has 2 saturated heterocycles. The number of amides is 2. The van der Waals surface area contributed by atoms with Gasteiger partial charge in [-0.2, -0.15) is 0 Å². The number of carbonyl (C=O) groups excluding carboxylic acids is 2. The summed E-state index contributed by atoms with van der Waals surface area (Å²) in [6.07, 6.45) is 0.800. The predicted molar refractivity (Wildman–Crippen MR) is 93.9 cm³/mol. The minimum absolute atomic E-state index is 0.00185. The highest BCUT2D eigenvalue weighted by Crippen LogP contribution is 2.22. The van der Waals surface area contributed by atoms with Crippen molar-refractivity contribution in [3.8, 4) is 11.5 Å². The standard InChI is InChI=1S/C18H20N4O5/c23-15(12-1-3-13(4-2-12)16-20-21-18(25)27-16)19-7-11-8-22(9-11)17(24)14-5-6-26-10-14/h1-4,11,14H,5-10H2,(H,19,23)(H,21,25)/t14-/m0/s1. The Hall–Kier alpha value is -2.94. The Balaban J connectivity index is 1.24. The number of hydrogen-bond donors (Lipinski definition) is 2. The van der Waals surface area contributed by atoms with Crippen LogP contribution >= 0.6 is 0 Å². The van der Waals surface area contributed by atoms with Crippen molar-refractivity contribution in [3.63, 3.8) is 0 Å². The van der Waals surface area contributed by atoms with E-state index in [1.807, 2.05) is 4.90 Å². The van der Waals surface area contributed by atoms with Crippen LogP contribution in [0.5, 0.6) is 0 Å². The molecule has 2 amide bonds. The number of ether oxygens (including phenoxy) is 1. The summed E-state index contributed by atoms with van der Waals surface area (Å²) in [5.41, 5.74) is 1.11. The fourth-order valence-corrected chi connectivity index (χ4v) is 3.32. The summed E-state index contributed by atoms with van der Waals surface area (Å²) >= 11 is 0. The lowest BCUT2D eigenvalue weighted by atomic mass is 9.96. The predicted octanol–water partition coefficient (Wildman–Crippen LogP) is 0.255. The minimum atomic E-state index is -0.625. The molecule has 142 valence electrons. The number of aromatic amines is 1. The fourth-order valence-electron chi connectivity index (χ4n) is 3.32. The quantitative estimate of drug-likeness (QED) is 0.777. The van der Waals surface area contributed by atoms with E-state index in [2.05, 4.69) is 15.5 Å². The first-order chi connectivity index (χ1) is 13.1. The molecule has 0 bridgehead atoms. The third-order valence-electron chi connectivity index (χ3n) is 4.93. The van der Waals surface area contributed by atoms with Gasteiger partial charge in [0.2, 0.25) is 11.8 Å². The second-order valence-corrected chi connectivity index (χ2v) is 6.88. The molecule has 0 unspecified atom stereocenters. The molecule has 27 heavy (non-hydrogen) atoms. The van der Waals surface area contributed by atoms with Crippen molar-refractivity contribution in [1.82, 2.24) is 20.4 Å². The van der Waals surface area contributed by atoms with Crippen molar-refractivity contribution in [2.24, 2.45) is 11.8 Å². The second-order valence-electron chi connectivity index (χ2n) is 6.88. The van der Waals surface area contributed by atoms with Crippen LogP contribution in [0.25, 0.3) is 11.5 Å². The van der Waals surface area contributed by atoms with Crippen LogP contribution in [0.4, 0.5) is 0 Å². The van der Waals surface area contributed by atoms with Crippen LogP contribution in [0.2, 0.25) is 0 Å². The smallest absolute Gasteiger partial charge is 0.388 e. The molecule has 0 aliphatic carbocycles. The van der Waals surface area contributed by atoms with E-state index < -0.39 is 5.76 Å². The van der Waals surface area contributed by atoms with Gasteiger partial charge in [-0.1, -0.05) is 0 Å². The molecule has 2 fully saturated rings. The molecule has 0 spiro atoms. The fraction of sp³-hybridized carbons (Fsp3) is 0.444. The maximum absolute atomic E-state index is 12.3. The maximum Gasteiger partial charge on any atom is 0.434 e. The monoisotopic (exact) mass is 372 g/mol. The first-order valence-electron chi connectivity index (χ1n) is 8.91. The number of aromatic nitrogens is 2. The van der Waals surface area contributed by atoms with Crippen molar-refractivity contribution in [1.29, 1.82) is 0 Å². The largest absolute Gasteiger partial charge is 0.434 e. The minimum Gasteiger partial charge on any atom is -0.388 e. The van der Waals surface area contributed by atoms with E-state index in [4.69, 9.17) is 9.15 Å². The van der Waals surface area contributed by atoms with Gasteiger partial charge in [-0.15, -0.1) is 5.10 Å². The van der Waals surface area contributed by atoms with Crippen molar-refractivity contribution >= 4 is 11.8 Å². The SMILES string of the molecule is O=C(NCC1CN(C(=O)[C@H]2CCOC2)C1)c1ccc(-c2n[nH]c(=O)o2)cc1. The number of carbonyl (C=O) groups is 2. The summed E-state index contributed by atoms with van der Waals surface area (Å²) in [5, 5.41) is 8.83. The van der Waals surface area contributed by atoms with Crippen LogP contribution in [0.1, 0.15) is 16.8 Å². The lowest BCUT2D eigenvalue weighted by Gasteiger charge is -2.40. The average Bonchev–Trinajstić information content (AvgIpc) is 3.32. The third kappa shape index (κ3) is 3.77. The van der Waals surface area contributed by atoms with Crippen molar-refractivity contribution in [2.75, 3.05) is 32.8 Å². The lowest BCUT2D eigenvalue weighted by Crippen LogP contribution is -2.55. The van der Waals surface area contributed by atoms with Gasteiger partial charge in [0.15, 0.2) is 0 Å². The Morgan fingerprint density at radius 3 is 2.67 bits per heavy atom. The molecule has 2 aliphatic rings. The Bertz CT molecular complexity index is 876. The first kappa shape index (κ1) is 17.5. The Labute approximate surface area is 154 Å². The summed E-state index contributed by atoms with van der Waals surface area (Å²) in [7, 11) is 0. The van der Waals surface area contributed by atoms with E-state index in [0.29, 0.717) is 44.0 Å². The van der Waals surface area contributed by atoms with Gasteiger partial charge >= 0.3 is 5.76 Å². The summed E-state index contributed by atoms with van der Waals surface area (Å²) in [4.78, 5) is 37.3. The highest BCUT2D eigenvalue weighted by molar-refractivity contribution is 5.94. The first-order valence-corrected chi connectivity index (χ1v) is 8.91. The van der Waals surface area contributed by atoms with E-state index in [1.165, 1.54) is 0 Å². The molecule has 9 nitrogen and oxygen atoms in total. The zero-order valence-corrected chi connectivity index (χ0v) is 14.6. The Morgan fingerprint density at radius 1 is 1.26 bits per heavy atom. The van der Waals surface area contributed by atoms with Gasteiger partial charge in [0, 0.05) is 43.3 Å². The second kappa shape index (κ2) is 7.36. The van der Waals surface area contributed by atoms with E-state index in [-0.39, 0.29) is 29.5 Å². The Morgan fingerprint density at radius 2 is 2.04 bits per heavy atom. The number of rotatable bonds is 5. The van der Waals surface area contributed by atoms with Gasteiger partial charge in [-0.05, 0) is 30.7 Å². The molecule has 2 aromatic rings. The van der Waals surface area contributed by atoms with E-state index >= 15 is 0 Å². The molecule has 1 aromatic heterocycles. The molecular weight excluding hydrogens is 352 g/mol. The van der Waals surface area contributed by atoms with E-state index in [0.717, 1.165) is 6.42 Å². The molecule has 1 atom stereocenters. The lowest BCUT2D eigenvalue weighted by molar-refractivity contribution is -0.141.